The first kappa shape index (κ1) is 15.1. The standard InChI is InChI=1S/C17H13ClN2O3/c1-23-17(22)12-4-2-3-5-14(12)20-16(21)15-9-10-8-11(18)6-7-13(10)19-15/h2-9,19H,1H3,(H,20,21). The van der Waals surface area contributed by atoms with E-state index < -0.39 is 5.97 Å². The van der Waals surface area contributed by atoms with Crippen LogP contribution in [0.1, 0.15) is 20.8 Å². The first-order valence-electron chi connectivity index (χ1n) is 6.85. The van der Waals surface area contributed by atoms with Gasteiger partial charge in [0.25, 0.3) is 5.91 Å². The first-order valence-corrected chi connectivity index (χ1v) is 7.23. The quantitative estimate of drug-likeness (QED) is 0.717. The highest BCUT2D eigenvalue weighted by Crippen LogP contribution is 2.22. The maximum atomic E-state index is 12.4. The summed E-state index contributed by atoms with van der Waals surface area (Å²) in [7, 11) is 1.29. The molecule has 0 spiro atoms. The highest BCUT2D eigenvalue weighted by Gasteiger charge is 2.15. The smallest absolute Gasteiger partial charge is 0.339 e. The molecule has 0 aliphatic rings. The van der Waals surface area contributed by atoms with Gasteiger partial charge in [-0.2, -0.15) is 0 Å². The van der Waals surface area contributed by atoms with Crippen LogP contribution in [0.3, 0.4) is 0 Å². The fraction of sp³-hybridized carbons (Fsp3) is 0.0588. The lowest BCUT2D eigenvalue weighted by Gasteiger charge is -2.08. The van der Waals surface area contributed by atoms with Gasteiger partial charge in [0.05, 0.1) is 18.4 Å². The van der Waals surface area contributed by atoms with Crippen LogP contribution in [0.2, 0.25) is 5.02 Å². The molecule has 0 radical (unpaired) electrons. The molecule has 0 bridgehead atoms. The Morgan fingerprint density at radius 3 is 2.70 bits per heavy atom. The number of nitrogens with one attached hydrogen (secondary N) is 2. The molecule has 0 atom stereocenters. The second-order valence-corrected chi connectivity index (χ2v) is 5.34. The lowest BCUT2D eigenvalue weighted by atomic mass is 10.1. The number of aromatic nitrogens is 1. The molecule has 116 valence electrons. The molecule has 1 amide bonds. The Balaban J connectivity index is 1.90. The first-order chi connectivity index (χ1) is 11.1. The van der Waals surface area contributed by atoms with E-state index >= 15 is 0 Å². The minimum absolute atomic E-state index is 0.294. The van der Waals surface area contributed by atoms with E-state index in [2.05, 4.69) is 10.3 Å². The molecular formula is C17H13ClN2O3. The minimum Gasteiger partial charge on any atom is -0.465 e. The Bertz CT molecular complexity index is 902. The summed E-state index contributed by atoms with van der Waals surface area (Å²) in [6.45, 7) is 0. The SMILES string of the molecule is COC(=O)c1ccccc1NC(=O)c1cc2cc(Cl)ccc2[nH]1. The van der Waals surface area contributed by atoms with Crippen molar-refractivity contribution in [3.05, 3.63) is 64.8 Å². The summed E-state index contributed by atoms with van der Waals surface area (Å²) in [5.74, 6) is -0.863. The zero-order valence-corrected chi connectivity index (χ0v) is 13.0. The Hall–Kier alpha value is -2.79. The van der Waals surface area contributed by atoms with Crippen LogP contribution in [0.5, 0.6) is 0 Å². The van der Waals surface area contributed by atoms with Crippen LogP contribution in [0.15, 0.2) is 48.5 Å². The van der Waals surface area contributed by atoms with Crippen molar-refractivity contribution in [2.75, 3.05) is 12.4 Å². The summed E-state index contributed by atoms with van der Waals surface area (Å²) in [6, 6.07) is 13.7. The number of fused-ring (bicyclic) bond motifs is 1. The van der Waals surface area contributed by atoms with Crippen molar-refractivity contribution in [1.82, 2.24) is 4.98 Å². The summed E-state index contributed by atoms with van der Waals surface area (Å²) in [6.07, 6.45) is 0. The van der Waals surface area contributed by atoms with E-state index in [1.165, 1.54) is 7.11 Å². The molecule has 0 aliphatic carbocycles. The Morgan fingerprint density at radius 2 is 1.91 bits per heavy atom. The third-order valence-corrected chi connectivity index (χ3v) is 3.64. The summed E-state index contributed by atoms with van der Waals surface area (Å²) in [4.78, 5) is 27.2. The number of para-hydroxylation sites is 1. The number of anilines is 1. The summed E-state index contributed by atoms with van der Waals surface area (Å²) in [5, 5.41) is 4.15. The van der Waals surface area contributed by atoms with E-state index in [-0.39, 0.29) is 5.91 Å². The van der Waals surface area contributed by atoms with Crippen LogP contribution in [-0.4, -0.2) is 24.0 Å². The van der Waals surface area contributed by atoms with Gasteiger partial charge < -0.3 is 15.0 Å². The van der Waals surface area contributed by atoms with E-state index in [0.29, 0.717) is 22.0 Å². The van der Waals surface area contributed by atoms with Crippen LogP contribution < -0.4 is 5.32 Å². The highest BCUT2D eigenvalue weighted by molar-refractivity contribution is 6.31. The predicted octanol–water partition coefficient (Wildman–Crippen LogP) is 3.86. The van der Waals surface area contributed by atoms with E-state index in [1.54, 1.807) is 48.5 Å². The third-order valence-electron chi connectivity index (χ3n) is 3.41. The molecule has 1 aromatic heterocycles. The molecule has 0 aliphatic heterocycles. The number of carbonyl (C=O) groups excluding carboxylic acids is 2. The molecule has 0 unspecified atom stereocenters. The molecular weight excluding hydrogens is 316 g/mol. The molecule has 0 fully saturated rings. The van der Waals surface area contributed by atoms with Gasteiger partial charge in [-0.25, -0.2) is 4.79 Å². The Labute approximate surface area is 137 Å². The van der Waals surface area contributed by atoms with Gasteiger partial charge in [-0.05, 0) is 36.4 Å². The van der Waals surface area contributed by atoms with Crippen molar-refractivity contribution in [3.8, 4) is 0 Å². The maximum Gasteiger partial charge on any atom is 0.339 e. The van der Waals surface area contributed by atoms with Crippen molar-refractivity contribution in [3.63, 3.8) is 0 Å². The van der Waals surface area contributed by atoms with Crippen molar-refractivity contribution in [2.24, 2.45) is 0 Å². The molecule has 23 heavy (non-hydrogen) atoms. The normalized spacial score (nSPS) is 10.5. The van der Waals surface area contributed by atoms with Gasteiger partial charge in [-0.15, -0.1) is 0 Å². The third kappa shape index (κ3) is 3.05. The number of carbonyl (C=O) groups is 2. The number of halogens is 1. The number of benzene rings is 2. The van der Waals surface area contributed by atoms with Crippen molar-refractivity contribution in [1.29, 1.82) is 0 Å². The lowest BCUT2D eigenvalue weighted by molar-refractivity contribution is 0.0602. The van der Waals surface area contributed by atoms with Crippen molar-refractivity contribution >= 4 is 40.1 Å². The van der Waals surface area contributed by atoms with Crippen LogP contribution in [0, 0.1) is 0 Å². The lowest BCUT2D eigenvalue weighted by Crippen LogP contribution is -2.15. The summed E-state index contributed by atoms with van der Waals surface area (Å²) < 4.78 is 4.71. The summed E-state index contributed by atoms with van der Waals surface area (Å²) >= 11 is 5.94. The van der Waals surface area contributed by atoms with Crippen LogP contribution >= 0.6 is 11.6 Å². The molecule has 0 saturated carbocycles. The van der Waals surface area contributed by atoms with Gasteiger partial charge in [0.1, 0.15) is 5.69 Å². The Morgan fingerprint density at radius 1 is 1.13 bits per heavy atom. The van der Waals surface area contributed by atoms with E-state index in [9.17, 15) is 9.59 Å². The number of amides is 1. The second-order valence-electron chi connectivity index (χ2n) is 4.91. The van der Waals surface area contributed by atoms with Crippen molar-refractivity contribution in [2.45, 2.75) is 0 Å². The number of esters is 1. The van der Waals surface area contributed by atoms with Gasteiger partial charge in [0.2, 0.25) is 0 Å². The monoisotopic (exact) mass is 328 g/mol. The number of hydrogen-bond donors (Lipinski definition) is 2. The summed E-state index contributed by atoms with van der Waals surface area (Å²) in [5.41, 5.74) is 1.87. The average molecular weight is 329 g/mol. The zero-order chi connectivity index (χ0) is 16.4. The molecule has 3 aromatic rings. The number of ether oxygens (including phenoxy) is 1. The fourth-order valence-corrected chi connectivity index (χ4v) is 2.48. The molecule has 3 rings (SSSR count). The molecule has 2 N–H and O–H groups in total. The fourth-order valence-electron chi connectivity index (χ4n) is 2.30. The number of hydrogen-bond acceptors (Lipinski definition) is 3. The molecule has 5 nitrogen and oxygen atoms in total. The molecule has 1 heterocycles. The Kier molecular flexibility index (Phi) is 4.04. The van der Waals surface area contributed by atoms with Crippen LogP contribution in [-0.2, 0) is 4.74 Å². The number of aromatic amines is 1. The number of methoxy groups -OCH3 is 1. The number of rotatable bonds is 3. The van der Waals surface area contributed by atoms with Gasteiger partial charge in [0, 0.05) is 15.9 Å². The zero-order valence-electron chi connectivity index (χ0n) is 12.2. The predicted molar refractivity (Wildman–Crippen MR) is 89.0 cm³/mol. The highest BCUT2D eigenvalue weighted by atomic mass is 35.5. The van der Waals surface area contributed by atoms with Gasteiger partial charge in [-0.1, -0.05) is 23.7 Å². The van der Waals surface area contributed by atoms with Gasteiger partial charge in [0.15, 0.2) is 0 Å². The van der Waals surface area contributed by atoms with Gasteiger partial charge >= 0.3 is 5.97 Å². The second kappa shape index (κ2) is 6.14. The van der Waals surface area contributed by atoms with Crippen LogP contribution in [0.25, 0.3) is 10.9 Å². The molecule has 0 saturated heterocycles. The molecule has 6 heteroatoms. The van der Waals surface area contributed by atoms with Gasteiger partial charge in [-0.3, -0.25) is 4.79 Å². The average Bonchev–Trinajstić information content (AvgIpc) is 2.98. The van der Waals surface area contributed by atoms with E-state index in [4.69, 9.17) is 16.3 Å². The van der Waals surface area contributed by atoms with Crippen LogP contribution in [0.4, 0.5) is 5.69 Å². The minimum atomic E-state index is -0.510. The van der Waals surface area contributed by atoms with E-state index in [0.717, 1.165) is 10.9 Å². The van der Waals surface area contributed by atoms with Crippen molar-refractivity contribution < 1.29 is 14.3 Å². The largest absolute Gasteiger partial charge is 0.465 e. The molecule has 2 aromatic carbocycles. The van der Waals surface area contributed by atoms with E-state index in [1.807, 2.05) is 0 Å². The topological polar surface area (TPSA) is 71.2 Å². The number of H-pyrrole nitrogens is 1. The maximum absolute atomic E-state index is 12.4.